The Hall–Kier alpha value is -3.75. The molecule has 0 bridgehead atoms. The molecule has 1 heterocycles. The average molecular weight is 665 g/mol. The van der Waals surface area contributed by atoms with Crippen LogP contribution in [0.15, 0.2) is 29.2 Å². The van der Waals surface area contributed by atoms with Crippen LogP contribution in [-0.4, -0.2) is 29.0 Å². The summed E-state index contributed by atoms with van der Waals surface area (Å²) in [7, 11) is -9.25. The number of nitrogens with one attached hydrogen (secondary N) is 1. The highest BCUT2D eigenvalue weighted by Gasteiger charge is 2.66. The molecule has 8 nitrogen and oxygen atoms in total. The van der Waals surface area contributed by atoms with Gasteiger partial charge in [-0.3, -0.25) is 10.1 Å². The number of nitriles is 1. The first-order chi connectivity index (χ1) is 19.2. The van der Waals surface area contributed by atoms with Gasteiger partial charge in [-0.25, -0.2) is 22.6 Å². The van der Waals surface area contributed by atoms with Crippen molar-refractivity contribution in [1.29, 1.82) is 5.26 Å². The van der Waals surface area contributed by atoms with Crippen molar-refractivity contribution in [2.45, 2.75) is 29.8 Å². The topological polar surface area (TPSA) is 106 Å². The van der Waals surface area contributed by atoms with E-state index in [2.05, 4.69) is 10.4 Å². The maximum atomic E-state index is 13.5. The number of amides is 1. The average Bonchev–Trinajstić information content (AvgIpc) is 3.60. The molecule has 0 spiro atoms. The van der Waals surface area contributed by atoms with Crippen LogP contribution >= 0.6 is 33.4 Å². The summed E-state index contributed by atoms with van der Waals surface area (Å²) in [6, 6.07) is 2.45. The van der Waals surface area contributed by atoms with Gasteiger partial charge in [0.25, 0.3) is 0 Å². The van der Waals surface area contributed by atoms with Crippen LogP contribution in [0.25, 0.3) is 5.69 Å². The summed E-state index contributed by atoms with van der Waals surface area (Å²) in [5.74, 6) is -6.43. The Morgan fingerprint density at radius 1 is 1.07 bits per heavy atom. The van der Waals surface area contributed by atoms with Crippen molar-refractivity contribution in [3.8, 4) is 11.8 Å². The number of benzene rings is 2. The molecule has 1 aliphatic rings. The van der Waals surface area contributed by atoms with Crippen LogP contribution < -0.4 is 5.32 Å². The van der Waals surface area contributed by atoms with Gasteiger partial charge in [0, 0.05) is 0 Å². The molecule has 42 heavy (non-hydrogen) atoms. The number of anilines is 1. The molecule has 4 rings (SSSR count). The number of methoxy groups -OCH3 is 1. The third-order valence-corrected chi connectivity index (χ3v) is 7.78. The molecule has 1 amide bonds. The fraction of sp³-hybridized carbons (Fsp3) is 0.217. The SMILES string of the molecule is COC(=O)C1(c2c(C#N)nn(-c3c(Cl)cc(S(F)(F)(F)(F)F)cc3Cl)c2NC(=O)OCc2cc(F)c(F)c(F)c2)CC1. The second-order valence-electron chi connectivity index (χ2n) is 8.95. The number of carbonyl (C=O) groups excluding carboxylic acids is 2. The first-order valence-corrected chi connectivity index (χ1v) is 13.9. The second kappa shape index (κ2) is 9.64. The molecule has 226 valence electrons. The predicted molar refractivity (Wildman–Crippen MR) is 133 cm³/mol. The Labute approximate surface area is 240 Å². The highest BCUT2D eigenvalue weighted by atomic mass is 35.5. The van der Waals surface area contributed by atoms with Gasteiger partial charge in [0.15, 0.2) is 23.1 Å². The zero-order chi connectivity index (χ0) is 31.5. The van der Waals surface area contributed by atoms with E-state index in [0.717, 1.165) is 7.11 Å². The van der Waals surface area contributed by atoms with Gasteiger partial charge in [-0.1, -0.05) is 42.6 Å². The van der Waals surface area contributed by atoms with E-state index in [1.807, 2.05) is 0 Å². The zero-order valence-corrected chi connectivity index (χ0v) is 22.9. The van der Waals surface area contributed by atoms with Crippen molar-refractivity contribution in [3.05, 3.63) is 68.6 Å². The van der Waals surface area contributed by atoms with Gasteiger partial charge in [-0.2, -0.15) is 10.4 Å². The molecule has 0 unspecified atom stereocenters. The number of nitrogens with zero attached hydrogens (tertiary/aromatic N) is 3. The molecule has 1 fully saturated rings. The van der Waals surface area contributed by atoms with Crippen LogP contribution in [0, 0.1) is 28.8 Å². The Kier molecular flexibility index (Phi) is 7.16. The van der Waals surface area contributed by atoms with Crippen molar-refractivity contribution >= 4 is 51.3 Å². The van der Waals surface area contributed by atoms with Crippen LogP contribution in [-0.2, 0) is 26.3 Å². The molecule has 1 N–H and O–H groups in total. The Balaban J connectivity index is 1.84. The number of ether oxygens (including phenoxy) is 2. The molecule has 1 aromatic heterocycles. The summed E-state index contributed by atoms with van der Waals surface area (Å²) in [6.45, 7) is -0.837. The van der Waals surface area contributed by atoms with E-state index in [-0.39, 0.29) is 36.1 Å². The Morgan fingerprint density at radius 2 is 1.62 bits per heavy atom. The second-order valence-corrected chi connectivity index (χ2v) is 12.2. The first-order valence-electron chi connectivity index (χ1n) is 11.1. The standard InChI is InChI=1S/C23H14Cl2F8N4O4S/c1-40-21(38)23(2-3-23)17-16(8-34)36-37(19-12(24)6-11(7-13(19)25)42(29,30,31,32)33)20(17)35-22(39)41-9-10-4-14(26)18(28)15(27)5-10/h4-7H,2-3,9H2,1H3,(H,35,39). The Bertz CT molecular complexity index is 1660. The van der Waals surface area contributed by atoms with Crippen LogP contribution in [0.3, 0.4) is 0 Å². The van der Waals surface area contributed by atoms with Gasteiger partial charge in [0.2, 0.25) is 0 Å². The normalized spacial score (nSPS) is 15.7. The quantitative estimate of drug-likeness (QED) is 0.155. The molecule has 0 radical (unpaired) electrons. The van der Waals surface area contributed by atoms with Gasteiger partial charge < -0.3 is 9.47 Å². The molecule has 1 aliphatic carbocycles. The predicted octanol–water partition coefficient (Wildman–Crippen LogP) is 8.08. The summed E-state index contributed by atoms with van der Waals surface area (Å²) in [5, 5.41) is 13.7. The number of rotatable bonds is 7. The summed E-state index contributed by atoms with van der Waals surface area (Å²) in [4.78, 5) is 22.9. The van der Waals surface area contributed by atoms with E-state index < -0.39 is 83.9 Å². The van der Waals surface area contributed by atoms with E-state index in [0.29, 0.717) is 16.8 Å². The number of hydrogen-bond donors (Lipinski definition) is 1. The van der Waals surface area contributed by atoms with Crippen LogP contribution in [0.5, 0.6) is 0 Å². The summed E-state index contributed by atoms with van der Waals surface area (Å²) >= 11 is 11.9. The fourth-order valence-corrected chi connectivity index (χ4v) is 5.50. The van der Waals surface area contributed by atoms with E-state index in [9.17, 15) is 47.5 Å². The van der Waals surface area contributed by atoms with Gasteiger partial charge in [0.1, 0.15) is 29.1 Å². The largest absolute Gasteiger partial charge is 0.468 e. The fourth-order valence-electron chi connectivity index (χ4n) is 4.04. The highest BCUT2D eigenvalue weighted by Crippen LogP contribution is 3.02. The zero-order valence-electron chi connectivity index (χ0n) is 20.6. The molecule has 1 saturated carbocycles. The molecular formula is C23H14Cl2F8N4O4S. The third kappa shape index (κ3) is 5.78. The first kappa shape index (κ1) is 31.2. The highest BCUT2D eigenvalue weighted by molar-refractivity contribution is 8.45. The van der Waals surface area contributed by atoms with Crippen molar-refractivity contribution < 1.29 is 51.7 Å². The molecule has 3 aromatic rings. The lowest BCUT2D eigenvalue weighted by Crippen LogP contribution is -2.25. The lowest BCUT2D eigenvalue weighted by atomic mass is 9.95. The van der Waals surface area contributed by atoms with Crippen molar-refractivity contribution in [2.24, 2.45) is 0 Å². The summed E-state index contributed by atoms with van der Waals surface area (Å²) in [5.41, 5.74) is -3.47. The minimum Gasteiger partial charge on any atom is -0.468 e. The van der Waals surface area contributed by atoms with Gasteiger partial charge in [-0.05, 0) is 42.7 Å². The molecular weight excluding hydrogens is 651 g/mol. The molecule has 0 aliphatic heterocycles. The number of aromatic nitrogens is 2. The molecule has 2 aromatic carbocycles. The van der Waals surface area contributed by atoms with Crippen molar-refractivity contribution in [3.63, 3.8) is 0 Å². The van der Waals surface area contributed by atoms with Crippen LogP contribution in [0.4, 0.5) is 43.2 Å². The Morgan fingerprint density at radius 3 is 2.07 bits per heavy atom. The van der Waals surface area contributed by atoms with E-state index >= 15 is 0 Å². The van der Waals surface area contributed by atoms with Crippen molar-refractivity contribution in [2.75, 3.05) is 12.4 Å². The number of halogens is 10. The van der Waals surface area contributed by atoms with E-state index in [1.165, 1.54) is 0 Å². The summed E-state index contributed by atoms with van der Waals surface area (Å²) in [6.07, 6.45) is -1.31. The lowest BCUT2D eigenvalue weighted by molar-refractivity contribution is -0.143. The van der Waals surface area contributed by atoms with E-state index in [4.69, 9.17) is 32.7 Å². The van der Waals surface area contributed by atoms with Crippen molar-refractivity contribution in [1.82, 2.24) is 9.78 Å². The number of hydrogen-bond acceptors (Lipinski definition) is 6. The lowest BCUT2D eigenvalue weighted by Gasteiger charge is -2.40. The molecule has 19 heteroatoms. The monoisotopic (exact) mass is 664 g/mol. The van der Waals surface area contributed by atoms with E-state index in [1.54, 1.807) is 6.07 Å². The number of carbonyl (C=O) groups is 2. The summed E-state index contributed by atoms with van der Waals surface area (Å²) < 4.78 is 118. The molecule has 0 saturated heterocycles. The minimum absolute atomic E-state index is 0.0581. The number of esters is 1. The maximum absolute atomic E-state index is 13.5. The third-order valence-electron chi connectivity index (χ3n) is 6.08. The van der Waals surface area contributed by atoms with Crippen LogP contribution in [0.1, 0.15) is 29.7 Å². The minimum atomic E-state index is -10.3. The van der Waals surface area contributed by atoms with Gasteiger partial charge in [0.05, 0.1) is 28.1 Å². The van der Waals surface area contributed by atoms with Crippen LogP contribution in [0.2, 0.25) is 10.0 Å². The maximum Gasteiger partial charge on any atom is 0.413 e. The smallest absolute Gasteiger partial charge is 0.413 e. The van der Waals surface area contributed by atoms with Gasteiger partial charge in [-0.15, -0.1) is 0 Å². The molecule has 0 atom stereocenters. The van der Waals surface area contributed by atoms with Gasteiger partial charge >= 0.3 is 22.3 Å².